The highest BCUT2D eigenvalue weighted by Crippen LogP contribution is 2.32. The van der Waals surface area contributed by atoms with E-state index in [-0.39, 0.29) is 11.9 Å². The van der Waals surface area contributed by atoms with Gasteiger partial charge in [-0.1, -0.05) is 23.4 Å². The summed E-state index contributed by atoms with van der Waals surface area (Å²) in [5.74, 6) is 0.790. The van der Waals surface area contributed by atoms with E-state index in [1.807, 2.05) is 12.1 Å². The van der Waals surface area contributed by atoms with Gasteiger partial charge in [0.15, 0.2) is 5.69 Å². The van der Waals surface area contributed by atoms with Crippen molar-refractivity contribution in [2.75, 3.05) is 18.5 Å². The van der Waals surface area contributed by atoms with Gasteiger partial charge in [-0.15, -0.1) is 0 Å². The van der Waals surface area contributed by atoms with Crippen molar-refractivity contribution in [2.45, 2.75) is 44.6 Å². The molecule has 126 valence electrons. The smallest absolute Gasteiger partial charge is 0.274 e. The van der Waals surface area contributed by atoms with Gasteiger partial charge in [0.2, 0.25) is 0 Å². The monoisotopic (exact) mass is 325 g/mol. The molecule has 5 nitrogen and oxygen atoms in total. The second-order valence-corrected chi connectivity index (χ2v) is 6.79. The lowest BCUT2D eigenvalue weighted by Gasteiger charge is -2.22. The number of nitrogens with zero attached hydrogens (tertiary/aromatic N) is 2. The van der Waals surface area contributed by atoms with Crippen molar-refractivity contribution >= 4 is 11.6 Å². The molecule has 4 rings (SSSR count). The average Bonchev–Trinajstić information content (AvgIpc) is 2.98. The normalized spacial score (nSPS) is 20.0. The number of amides is 1. The minimum atomic E-state index is -0.105. The van der Waals surface area contributed by atoms with Crippen LogP contribution in [-0.2, 0) is 12.8 Å². The molecule has 0 saturated heterocycles. The molecule has 1 amide bonds. The Kier molecular flexibility index (Phi) is 4.00. The van der Waals surface area contributed by atoms with Gasteiger partial charge < -0.3 is 14.7 Å². The highest BCUT2D eigenvalue weighted by atomic mass is 16.5. The van der Waals surface area contributed by atoms with Gasteiger partial charge in [0.05, 0.1) is 6.04 Å². The first kappa shape index (κ1) is 15.2. The van der Waals surface area contributed by atoms with E-state index in [4.69, 9.17) is 4.52 Å². The maximum absolute atomic E-state index is 12.8. The van der Waals surface area contributed by atoms with Crippen LogP contribution < -0.4 is 10.2 Å². The van der Waals surface area contributed by atoms with Crippen LogP contribution >= 0.6 is 0 Å². The number of hydrogen-bond donors (Lipinski definition) is 1. The van der Waals surface area contributed by atoms with Gasteiger partial charge in [-0.05, 0) is 43.7 Å². The molecule has 2 aromatic rings. The lowest BCUT2D eigenvalue weighted by molar-refractivity contribution is 0.0925. The number of nitrogens with one attached hydrogen (secondary N) is 1. The molecule has 0 radical (unpaired) electrons. The molecule has 2 aliphatic rings. The third-order valence-electron chi connectivity index (χ3n) is 5.18. The number of aromatic nitrogens is 1. The van der Waals surface area contributed by atoms with E-state index in [0.29, 0.717) is 5.69 Å². The van der Waals surface area contributed by atoms with Crippen LogP contribution in [0.4, 0.5) is 5.69 Å². The quantitative estimate of drug-likeness (QED) is 0.921. The third-order valence-corrected chi connectivity index (χ3v) is 5.18. The molecule has 0 saturated carbocycles. The largest absolute Gasteiger partial charge is 0.374 e. The van der Waals surface area contributed by atoms with Gasteiger partial charge in [-0.2, -0.15) is 0 Å². The summed E-state index contributed by atoms with van der Waals surface area (Å²) in [5.41, 5.74) is 3.88. The zero-order valence-electron chi connectivity index (χ0n) is 14.0. The van der Waals surface area contributed by atoms with E-state index in [9.17, 15) is 4.79 Å². The predicted octanol–water partition coefficient (Wildman–Crippen LogP) is 3.25. The van der Waals surface area contributed by atoms with Crippen LogP contribution in [0.1, 0.15) is 59.1 Å². The molecule has 0 fully saturated rings. The van der Waals surface area contributed by atoms with Crippen LogP contribution in [-0.4, -0.2) is 24.7 Å². The van der Waals surface area contributed by atoms with Crippen molar-refractivity contribution in [3.05, 3.63) is 46.8 Å². The standard InChI is InChI=1S/C19H23N3O2/c1-22-12-6-9-15(13-7-2-4-10-16(13)22)20-19(23)18-14-8-3-5-11-17(14)24-21-18/h2,4,7,10,15H,3,5-6,8-9,11-12H2,1H3,(H,20,23). The molecule has 1 N–H and O–H groups in total. The number of rotatable bonds is 2. The Morgan fingerprint density at radius 3 is 3.00 bits per heavy atom. The summed E-state index contributed by atoms with van der Waals surface area (Å²) >= 11 is 0. The van der Waals surface area contributed by atoms with Gasteiger partial charge in [0.25, 0.3) is 5.91 Å². The Hall–Kier alpha value is -2.30. The number of anilines is 1. The van der Waals surface area contributed by atoms with E-state index in [2.05, 4.69) is 34.6 Å². The fourth-order valence-corrected chi connectivity index (χ4v) is 3.88. The number of aryl methyl sites for hydroxylation is 1. The summed E-state index contributed by atoms with van der Waals surface area (Å²) in [6, 6.07) is 8.34. The molecule has 1 aromatic heterocycles. The minimum Gasteiger partial charge on any atom is -0.374 e. The van der Waals surface area contributed by atoms with Gasteiger partial charge in [-0.25, -0.2) is 0 Å². The summed E-state index contributed by atoms with van der Waals surface area (Å²) in [4.78, 5) is 15.1. The topological polar surface area (TPSA) is 58.4 Å². The maximum atomic E-state index is 12.8. The summed E-state index contributed by atoms with van der Waals surface area (Å²) < 4.78 is 5.39. The molecule has 1 unspecified atom stereocenters. The molecular weight excluding hydrogens is 302 g/mol. The van der Waals surface area contributed by atoms with Crippen molar-refractivity contribution in [3.63, 3.8) is 0 Å². The molecule has 1 aromatic carbocycles. The summed E-state index contributed by atoms with van der Waals surface area (Å²) in [7, 11) is 2.11. The van der Waals surface area contributed by atoms with E-state index in [1.54, 1.807) is 0 Å². The predicted molar refractivity (Wildman–Crippen MR) is 92.3 cm³/mol. The van der Waals surface area contributed by atoms with Crippen LogP contribution in [0.25, 0.3) is 0 Å². The molecule has 5 heteroatoms. The summed E-state index contributed by atoms with van der Waals surface area (Å²) in [6.45, 7) is 1.00. The van der Waals surface area contributed by atoms with E-state index < -0.39 is 0 Å². The molecule has 2 heterocycles. The SMILES string of the molecule is CN1CCCC(NC(=O)c2noc3c2CCCC3)c2ccccc21. The van der Waals surface area contributed by atoms with Crippen LogP contribution in [0.5, 0.6) is 0 Å². The molecular formula is C19H23N3O2. The lowest BCUT2D eigenvalue weighted by atomic mass is 9.96. The summed E-state index contributed by atoms with van der Waals surface area (Å²) in [6.07, 6.45) is 6.00. The van der Waals surface area contributed by atoms with Crippen LogP contribution in [0.15, 0.2) is 28.8 Å². The average molecular weight is 325 g/mol. The second kappa shape index (κ2) is 6.30. The highest BCUT2D eigenvalue weighted by Gasteiger charge is 2.27. The fraction of sp³-hybridized carbons (Fsp3) is 0.474. The van der Waals surface area contributed by atoms with Crippen molar-refractivity contribution in [1.29, 1.82) is 0 Å². The first-order chi connectivity index (χ1) is 11.7. The number of benzene rings is 1. The Morgan fingerprint density at radius 2 is 2.08 bits per heavy atom. The van der Waals surface area contributed by atoms with Crippen molar-refractivity contribution < 1.29 is 9.32 Å². The molecule has 24 heavy (non-hydrogen) atoms. The second-order valence-electron chi connectivity index (χ2n) is 6.79. The van der Waals surface area contributed by atoms with Gasteiger partial charge >= 0.3 is 0 Å². The molecule has 1 atom stereocenters. The first-order valence-electron chi connectivity index (χ1n) is 8.82. The van der Waals surface area contributed by atoms with E-state index in [1.165, 1.54) is 11.3 Å². The number of fused-ring (bicyclic) bond motifs is 2. The number of carbonyl (C=O) groups is 1. The fourth-order valence-electron chi connectivity index (χ4n) is 3.88. The Balaban J connectivity index is 1.60. The molecule has 1 aliphatic carbocycles. The van der Waals surface area contributed by atoms with Gasteiger partial charge in [0, 0.05) is 31.3 Å². The molecule has 0 spiro atoms. The van der Waals surface area contributed by atoms with E-state index in [0.717, 1.165) is 56.4 Å². The highest BCUT2D eigenvalue weighted by molar-refractivity contribution is 5.94. The minimum absolute atomic E-state index is 0.0228. The van der Waals surface area contributed by atoms with Gasteiger partial charge in [-0.3, -0.25) is 4.79 Å². The maximum Gasteiger partial charge on any atom is 0.274 e. The Labute approximate surface area is 142 Å². The Morgan fingerprint density at radius 1 is 1.25 bits per heavy atom. The lowest BCUT2D eigenvalue weighted by Crippen LogP contribution is -2.29. The summed E-state index contributed by atoms with van der Waals surface area (Å²) in [5, 5.41) is 7.26. The van der Waals surface area contributed by atoms with E-state index >= 15 is 0 Å². The molecule has 0 bridgehead atoms. The zero-order valence-corrected chi connectivity index (χ0v) is 14.0. The van der Waals surface area contributed by atoms with Crippen molar-refractivity contribution in [2.24, 2.45) is 0 Å². The third kappa shape index (κ3) is 2.68. The van der Waals surface area contributed by atoms with Crippen molar-refractivity contribution in [3.8, 4) is 0 Å². The van der Waals surface area contributed by atoms with Crippen LogP contribution in [0.3, 0.4) is 0 Å². The molecule has 1 aliphatic heterocycles. The van der Waals surface area contributed by atoms with Gasteiger partial charge in [0.1, 0.15) is 5.76 Å². The number of carbonyl (C=O) groups excluding carboxylic acids is 1. The van der Waals surface area contributed by atoms with Crippen LogP contribution in [0.2, 0.25) is 0 Å². The zero-order chi connectivity index (χ0) is 16.5. The van der Waals surface area contributed by atoms with Crippen molar-refractivity contribution in [1.82, 2.24) is 10.5 Å². The van der Waals surface area contributed by atoms with Crippen LogP contribution in [0, 0.1) is 0 Å². The first-order valence-corrected chi connectivity index (χ1v) is 8.82. The Bertz CT molecular complexity index is 753. The number of para-hydroxylation sites is 1. The number of hydrogen-bond acceptors (Lipinski definition) is 4.